The van der Waals surface area contributed by atoms with Crippen molar-refractivity contribution in [2.24, 2.45) is 0 Å². The van der Waals surface area contributed by atoms with Gasteiger partial charge in [-0.05, 0) is 47.5 Å². The zero-order valence-corrected chi connectivity index (χ0v) is 19.9. The average Bonchev–Trinajstić information content (AvgIpc) is 3.55. The number of anilines is 1. The SMILES string of the molecule is Cc1ccc(C(=O)C2=C(O)C(=O)N(c3nc4c(Cl)cccc4s3)C2c2cccc3ccccc23)o1. The lowest BCUT2D eigenvalue weighted by molar-refractivity contribution is -0.117. The van der Waals surface area contributed by atoms with Gasteiger partial charge in [-0.2, -0.15) is 0 Å². The summed E-state index contributed by atoms with van der Waals surface area (Å²) in [7, 11) is 0. The number of nitrogens with zero attached hydrogens (tertiary/aromatic N) is 2. The van der Waals surface area contributed by atoms with Crippen molar-refractivity contribution in [1.82, 2.24) is 4.98 Å². The molecule has 8 heteroatoms. The van der Waals surface area contributed by atoms with Gasteiger partial charge in [0, 0.05) is 0 Å². The van der Waals surface area contributed by atoms with Gasteiger partial charge in [0.25, 0.3) is 5.91 Å². The maximum absolute atomic E-state index is 13.6. The van der Waals surface area contributed by atoms with Crippen molar-refractivity contribution in [3.8, 4) is 0 Å². The van der Waals surface area contributed by atoms with Crippen LogP contribution in [-0.4, -0.2) is 21.8 Å². The van der Waals surface area contributed by atoms with Gasteiger partial charge in [-0.15, -0.1) is 0 Å². The van der Waals surface area contributed by atoms with Gasteiger partial charge in [0.05, 0.1) is 21.3 Å². The second-order valence-corrected chi connectivity index (χ2v) is 9.65. The summed E-state index contributed by atoms with van der Waals surface area (Å²) >= 11 is 7.62. The molecule has 172 valence electrons. The van der Waals surface area contributed by atoms with Gasteiger partial charge in [0.2, 0.25) is 5.78 Å². The maximum atomic E-state index is 13.6. The summed E-state index contributed by atoms with van der Waals surface area (Å²) in [5.41, 5.74) is 1.20. The molecule has 6 rings (SSSR count). The van der Waals surface area contributed by atoms with Crippen molar-refractivity contribution in [3.05, 3.63) is 106 Å². The molecule has 1 unspecified atom stereocenters. The molecule has 5 aromatic rings. The fraction of sp³-hybridized carbons (Fsp3) is 0.0741. The summed E-state index contributed by atoms with van der Waals surface area (Å²) in [5.74, 6) is -1.27. The summed E-state index contributed by atoms with van der Waals surface area (Å²) in [6.45, 7) is 1.73. The van der Waals surface area contributed by atoms with Crippen LogP contribution in [0.4, 0.5) is 5.13 Å². The van der Waals surface area contributed by atoms with Gasteiger partial charge >= 0.3 is 0 Å². The molecule has 2 aromatic heterocycles. The molecule has 0 radical (unpaired) electrons. The molecule has 0 saturated carbocycles. The molecule has 1 aliphatic rings. The van der Waals surface area contributed by atoms with Gasteiger partial charge in [-0.3, -0.25) is 14.5 Å². The van der Waals surface area contributed by atoms with Crippen molar-refractivity contribution in [2.45, 2.75) is 13.0 Å². The van der Waals surface area contributed by atoms with Crippen LogP contribution in [0.25, 0.3) is 21.0 Å². The average molecular weight is 501 g/mol. The fourth-order valence-corrected chi connectivity index (χ4v) is 5.81. The number of hydrogen-bond acceptors (Lipinski definition) is 6. The number of para-hydroxylation sites is 1. The first kappa shape index (κ1) is 21.6. The number of halogens is 1. The quantitative estimate of drug-likeness (QED) is 0.275. The van der Waals surface area contributed by atoms with E-state index in [1.54, 1.807) is 25.1 Å². The van der Waals surface area contributed by atoms with E-state index in [2.05, 4.69) is 4.98 Å². The first-order valence-corrected chi connectivity index (χ1v) is 12.0. The van der Waals surface area contributed by atoms with Crippen LogP contribution in [0.3, 0.4) is 0 Å². The third kappa shape index (κ3) is 3.35. The molecule has 0 fully saturated rings. The number of aryl methyl sites for hydroxylation is 1. The normalized spacial score (nSPS) is 16.1. The number of thiazole rings is 1. The standard InChI is InChI=1S/C27H17ClN2O4S/c1-14-12-13-19(34-14)24(31)21-23(17-9-4-7-15-6-2-3-8-16(15)17)30(26(33)25(21)32)27-29-22-18(28)10-5-11-20(22)35-27/h2-13,23,32H,1H3. The number of Topliss-reactive ketones (excluding diaryl/α,β-unsaturated/α-hetero) is 1. The minimum absolute atomic E-state index is 0.0499. The van der Waals surface area contributed by atoms with Crippen molar-refractivity contribution in [1.29, 1.82) is 0 Å². The minimum atomic E-state index is -0.911. The predicted octanol–water partition coefficient (Wildman–Crippen LogP) is 6.79. The first-order valence-electron chi connectivity index (χ1n) is 10.8. The largest absolute Gasteiger partial charge is 0.503 e. The van der Waals surface area contributed by atoms with Crippen molar-refractivity contribution >= 4 is 60.7 Å². The molecule has 0 spiro atoms. The Bertz CT molecular complexity index is 1690. The Labute approximate surface area is 208 Å². The molecule has 1 aliphatic heterocycles. The Morgan fingerprint density at radius 2 is 1.83 bits per heavy atom. The van der Waals surface area contributed by atoms with E-state index in [0.717, 1.165) is 15.5 Å². The Hall–Kier alpha value is -3.94. The Morgan fingerprint density at radius 1 is 1.06 bits per heavy atom. The number of aromatic nitrogens is 1. The van der Waals surface area contributed by atoms with Gasteiger partial charge < -0.3 is 9.52 Å². The topological polar surface area (TPSA) is 83.6 Å². The smallest absolute Gasteiger partial charge is 0.296 e. The van der Waals surface area contributed by atoms with Crippen molar-refractivity contribution in [3.63, 3.8) is 0 Å². The van der Waals surface area contributed by atoms with Crippen LogP contribution in [0.15, 0.2) is 88.5 Å². The third-order valence-corrected chi connectivity index (χ3v) is 7.42. The van der Waals surface area contributed by atoms with Crippen molar-refractivity contribution < 1.29 is 19.1 Å². The Kier molecular flexibility index (Phi) is 4.98. The zero-order valence-electron chi connectivity index (χ0n) is 18.4. The highest BCUT2D eigenvalue weighted by molar-refractivity contribution is 7.22. The number of benzene rings is 3. The number of amides is 1. The van der Waals surface area contributed by atoms with E-state index in [4.69, 9.17) is 16.0 Å². The number of rotatable bonds is 4. The van der Waals surface area contributed by atoms with E-state index >= 15 is 0 Å². The summed E-state index contributed by atoms with van der Waals surface area (Å²) < 4.78 is 6.35. The molecule has 1 N–H and O–H groups in total. The maximum Gasteiger partial charge on any atom is 0.296 e. The molecule has 1 atom stereocenters. The summed E-state index contributed by atoms with van der Waals surface area (Å²) in [5, 5.41) is 13.6. The number of aliphatic hydroxyl groups excluding tert-OH is 1. The molecule has 6 nitrogen and oxygen atoms in total. The monoisotopic (exact) mass is 500 g/mol. The van der Waals surface area contributed by atoms with Crippen LogP contribution >= 0.6 is 22.9 Å². The minimum Gasteiger partial charge on any atom is -0.503 e. The van der Waals surface area contributed by atoms with Crippen LogP contribution < -0.4 is 4.90 Å². The molecule has 0 aliphatic carbocycles. The highest BCUT2D eigenvalue weighted by atomic mass is 35.5. The van der Waals surface area contributed by atoms with E-state index in [9.17, 15) is 14.7 Å². The first-order chi connectivity index (χ1) is 16.9. The second-order valence-electron chi connectivity index (χ2n) is 8.23. The number of fused-ring (bicyclic) bond motifs is 2. The number of carbonyl (C=O) groups excluding carboxylic acids is 2. The summed E-state index contributed by atoms with van der Waals surface area (Å²) in [4.78, 5) is 33.1. The molecule has 1 amide bonds. The Balaban J connectivity index is 1.60. The van der Waals surface area contributed by atoms with E-state index in [1.165, 1.54) is 16.2 Å². The van der Waals surface area contributed by atoms with E-state index in [0.29, 0.717) is 27.0 Å². The van der Waals surface area contributed by atoms with Gasteiger partial charge in [0.1, 0.15) is 11.3 Å². The van der Waals surface area contributed by atoms with Crippen molar-refractivity contribution in [2.75, 3.05) is 4.90 Å². The highest BCUT2D eigenvalue weighted by Gasteiger charge is 2.47. The molecule has 35 heavy (non-hydrogen) atoms. The lowest BCUT2D eigenvalue weighted by Gasteiger charge is -2.25. The van der Waals surface area contributed by atoms with E-state index in [-0.39, 0.29) is 11.3 Å². The number of ketones is 1. The number of furan rings is 1. The van der Waals surface area contributed by atoms with Gasteiger partial charge in [-0.25, -0.2) is 4.98 Å². The summed E-state index contributed by atoms with van der Waals surface area (Å²) in [6.07, 6.45) is 0. The Morgan fingerprint density at radius 3 is 2.60 bits per heavy atom. The molecule has 0 saturated heterocycles. The second kappa shape index (κ2) is 8.08. The number of hydrogen-bond donors (Lipinski definition) is 1. The highest BCUT2D eigenvalue weighted by Crippen LogP contribution is 2.46. The van der Waals surface area contributed by atoms with Gasteiger partial charge in [-0.1, -0.05) is 71.5 Å². The van der Waals surface area contributed by atoms with E-state index in [1.807, 2.05) is 54.6 Å². The van der Waals surface area contributed by atoms with E-state index < -0.39 is 23.5 Å². The lowest BCUT2D eigenvalue weighted by atomic mass is 9.91. The van der Waals surface area contributed by atoms with Crippen LogP contribution in [0.5, 0.6) is 0 Å². The lowest BCUT2D eigenvalue weighted by Crippen LogP contribution is -2.31. The fourth-order valence-electron chi connectivity index (χ4n) is 4.51. The molecular weight excluding hydrogens is 484 g/mol. The predicted molar refractivity (Wildman–Crippen MR) is 136 cm³/mol. The van der Waals surface area contributed by atoms with Crippen LogP contribution in [0, 0.1) is 6.92 Å². The third-order valence-electron chi connectivity index (χ3n) is 6.10. The molecule has 3 aromatic carbocycles. The van der Waals surface area contributed by atoms with Gasteiger partial charge in [0.15, 0.2) is 16.7 Å². The van der Waals surface area contributed by atoms with Crippen LogP contribution in [0.2, 0.25) is 5.02 Å². The molecule has 0 bridgehead atoms. The number of aliphatic hydroxyl groups is 1. The summed E-state index contributed by atoms with van der Waals surface area (Å²) in [6, 6.07) is 21.1. The van der Waals surface area contributed by atoms with Crippen LogP contribution in [0.1, 0.15) is 27.9 Å². The zero-order chi connectivity index (χ0) is 24.3. The molecule has 3 heterocycles. The molecular formula is C27H17ClN2O4S. The number of carbonyl (C=O) groups is 2. The van der Waals surface area contributed by atoms with Crippen LogP contribution in [-0.2, 0) is 4.79 Å².